The second-order valence-corrected chi connectivity index (χ2v) is 7.01. The van der Waals surface area contributed by atoms with Gasteiger partial charge in [0.05, 0.1) is 23.2 Å². The van der Waals surface area contributed by atoms with Gasteiger partial charge in [0.1, 0.15) is 0 Å². The van der Waals surface area contributed by atoms with Crippen molar-refractivity contribution in [1.29, 1.82) is 0 Å². The van der Waals surface area contributed by atoms with E-state index in [9.17, 15) is 18.0 Å². The van der Waals surface area contributed by atoms with Crippen molar-refractivity contribution in [3.8, 4) is 11.1 Å². The number of hydrogen-bond acceptors (Lipinski definition) is 3. The van der Waals surface area contributed by atoms with Crippen molar-refractivity contribution in [2.45, 2.75) is 19.6 Å². The van der Waals surface area contributed by atoms with Gasteiger partial charge in [0.15, 0.2) is 0 Å². The van der Waals surface area contributed by atoms with Gasteiger partial charge in [-0.25, -0.2) is 9.78 Å². The number of fused-ring (bicyclic) bond motifs is 1. The van der Waals surface area contributed by atoms with Crippen LogP contribution in [0, 0.1) is 0 Å². The molecule has 1 aromatic heterocycles. The number of rotatable bonds is 5. The Labute approximate surface area is 176 Å². The third-order valence-corrected chi connectivity index (χ3v) is 4.91. The van der Waals surface area contributed by atoms with Crippen molar-refractivity contribution in [2.24, 2.45) is 0 Å². The maximum atomic E-state index is 13.7. The maximum Gasteiger partial charge on any atom is 0.449 e. The number of carbonyl (C=O) groups excluding carboxylic acids is 1. The van der Waals surface area contributed by atoms with Gasteiger partial charge in [-0.1, -0.05) is 54.6 Å². The van der Waals surface area contributed by atoms with Crippen molar-refractivity contribution >= 4 is 17.0 Å². The van der Waals surface area contributed by atoms with Gasteiger partial charge in [-0.05, 0) is 41.8 Å². The molecule has 0 atom stereocenters. The van der Waals surface area contributed by atoms with Gasteiger partial charge < -0.3 is 9.30 Å². The molecule has 0 fully saturated rings. The van der Waals surface area contributed by atoms with E-state index in [2.05, 4.69) is 4.98 Å². The molecule has 4 rings (SSSR count). The zero-order valence-electron chi connectivity index (χ0n) is 16.7. The molecule has 1 heterocycles. The lowest BCUT2D eigenvalue weighted by molar-refractivity contribution is -0.146. The SMILES string of the molecule is CCOC(=O)c1ccc2nc(C(F)(F)F)n(Cc3ccc(-c4ccccc4)cc3)c2c1. The monoisotopic (exact) mass is 424 g/mol. The van der Waals surface area contributed by atoms with E-state index in [4.69, 9.17) is 4.74 Å². The molecule has 3 aromatic carbocycles. The number of nitrogens with zero attached hydrogens (tertiary/aromatic N) is 2. The molecule has 0 saturated heterocycles. The number of hydrogen-bond donors (Lipinski definition) is 0. The molecule has 0 N–H and O–H groups in total. The van der Waals surface area contributed by atoms with Crippen LogP contribution in [0.4, 0.5) is 13.2 Å². The second kappa shape index (κ2) is 8.26. The molecule has 0 aliphatic carbocycles. The Balaban J connectivity index is 1.74. The largest absolute Gasteiger partial charge is 0.462 e. The van der Waals surface area contributed by atoms with Crippen LogP contribution in [-0.4, -0.2) is 22.1 Å². The lowest BCUT2D eigenvalue weighted by Crippen LogP contribution is -2.15. The van der Waals surface area contributed by atoms with E-state index in [-0.39, 0.29) is 29.7 Å². The van der Waals surface area contributed by atoms with Gasteiger partial charge in [-0.3, -0.25) is 0 Å². The third-order valence-electron chi connectivity index (χ3n) is 4.91. The fourth-order valence-corrected chi connectivity index (χ4v) is 3.46. The standard InChI is InChI=1S/C24H19F3N2O2/c1-2-31-22(30)19-12-13-20-21(14-19)29(23(28-20)24(25,26)27)15-16-8-10-18(11-9-16)17-6-4-3-5-7-17/h3-14H,2,15H2,1H3. The molecular formula is C24H19F3N2O2. The number of carbonyl (C=O) groups is 1. The Bertz CT molecular complexity index is 1210. The summed E-state index contributed by atoms with van der Waals surface area (Å²) in [6, 6.07) is 21.3. The molecule has 0 bridgehead atoms. The minimum atomic E-state index is -4.63. The van der Waals surface area contributed by atoms with Crippen molar-refractivity contribution in [1.82, 2.24) is 9.55 Å². The average molecular weight is 424 g/mol. The summed E-state index contributed by atoms with van der Waals surface area (Å²) >= 11 is 0. The molecule has 0 spiro atoms. The summed E-state index contributed by atoms with van der Waals surface area (Å²) < 4.78 is 47.1. The van der Waals surface area contributed by atoms with Crippen LogP contribution in [0.1, 0.15) is 28.7 Å². The lowest BCUT2D eigenvalue weighted by atomic mass is 10.0. The summed E-state index contributed by atoms with van der Waals surface area (Å²) in [7, 11) is 0. The first-order chi connectivity index (χ1) is 14.9. The fourth-order valence-electron chi connectivity index (χ4n) is 3.46. The number of esters is 1. The van der Waals surface area contributed by atoms with Crippen LogP contribution < -0.4 is 0 Å². The number of halogens is 3. The normalized spacial score (nSPS) is 11.6. The highest BCUT2D eigenvalue weighted by Crippen LogP contribution is 2.32. The van der Waals surface area contributed by atoms with Gasteiger partial charge >= 0.3 is 12.1 Å². The summed E-state index contributed by atoms with van der Waals surface area (Å²) in [5, 5.41) is 0. The predicted octanol–water partition coefficient (Wildman–Crippen LogP) is 5.95. The zero-order valence-corrected chi connectivity index (χ0v) is 16.7. The summed E-state index contributed by atoms with van der Waals surface area (Å²) in [5.41, 5.74) is 3.26. The summed E-state index contributed by atoms with van der Waals surface area (Å²) in [4.78, 5) is 15.8. The second-order valence-electron chi connectivity index (χ2n) is 7.01. The van der Waals surface area contributed by atoms with Crippen LogP contribution in [0.15, 0.2) is 72.8 Å². The minimum Gasteiger partial charge on any atom is -0.462 e. The van der Waals surface area contributed by atoms with Crippen LogP contribution in [-0.2, 0) is 17.5 Å². The summed E-state index contributed by atoms with van der Waals surface area (Å²) in [5.74, 6) is -1.59. The smallest absolute Gasteiger partial charge is 0.449 e. The minimum absolute atomic E-state index is 0.0350. The van der Waals surface area contributed by atoms with E-state index in [1.165, 1.54) is 18.2 Å². The maximum absolute atomic E-state index is 13.7. The molecule has 0 aliphatic heterocycles. The van der Waals surface area contributed by atoms with Gasteiger partial charge in [-0.2, -0.15) is 13.2 Å². The van der Waals surface area contributed by atoms with Crippen molar-refractivity contribution < 1.29 is 22.7 Å². The Kier molecular flexibility index (Phi) is 5.50. The number of ether oxygens (including phenoxy) is 1. The highest BCUT2D eigenvalue weighted by molar-refractivity contribution is 5.93. The highest BCUT2D eigenvalue weighted by atomic mass is 19.4. The quantitative estimate of drug-likeness (QED) is 0.372. The van der Waals surface area contributed by atoms with E-state index < -0.39 is 18.0 Å². The number of imidazole rings is 1. The van der Waals surface area contributed by atoms with Crippen LogP contribution in [0.5, 0.6) is 0 Å². The van der Waals surface area contributed by atoms with E-state index in [1.807, 2.05) is 42.5 Å². The van der Waals surface area contributed by atoms with Crippen LogP contribution in [0.3, 0.4) is 0 Å². The zero-order chi connectivity index (χ0) is 22.0. The van der Waals surface area contributed by atoms with E-state index in [1.54, 1.807) is 19.1 Å². The Morgan fingerprint density at radius 3 is 2.29 bits per heavy atom. The first kappa shape index (κ1) is 20.7. The van der Waals surface area contributed by atoms with E-state index in [0.29, 0.717) is 5.56 Å². The molecule has 0 amide bonds. The number of alkyl halides is 3. The van der Waals surface area contributed by atoms with Crippen molar-refractivity contribution in [3.05, 3.63) is 89.7 Å². The van der Waals surface area contributed by atoms with Crippen molar-refractivity contribution in [2.75, 3.05) is 6.61 Å². The van der Waals surface area contributed by atoms with Gasteiger partial charge in [0.2, 0.25) is 5.82 Å². The Morgan fingerprint density at radius 2 is 1.65 bits per heavy atom. The molecule has 0 saturated carbocycles. The molecule has 4 aromatic rings. The predicted molar refractivity (Wildman–Crippen MR) is 112 cm³/mol. The molecule has 4 nitrogen and oxygen atoms in total. The molecule has 0 unspecified atom stereocenters. The Morgan fingerprint density at radius 1 is 0.968 bits per heavy atom. The first-order valence-corrected chi connectivity index (χ1v) is 9.76. The van der Waals surface area contributed by atoms with E-state index in [0.717, 1.165) is 15.7 Å². The van der Waals surface area contributed by atoms with Gasteiger partial charge in [-0.15, -0.1) is 0 Å². The summed E-state index contributed by atoms with van der Waals surface area (Å²) in [6.07, 6.45) is -4.63. The van der Waals surface area contributed by atoms with Crippen LogP contribution >= 0.6 is 0 Å². The lowest BCUT2D eigenvalue weighted by Gasteiger charge is -2.12. The molecule has 158 valence electrons. The first-order valence-electron chi connectivity index (χ1n) is 9.76. The Hall–Kier alpha value is -3.61. The third kappa shape index (κ3) is 4.30. The highest BCUT2D eigenvalue weighted by Gasteiger charge is 2.37. The van der Waals surface area contributed by atoms with E-state index >= 15 is 0 Å². The fraction of sp³-hybridized carbons (Fsp3) is 0.167. The topological polar surface area (TPSA) is 44.1 Å². The van der Waals surface area contributed by atoms with Gasteiger partial charge in [0, 0.05) is 6.54 Å². The molecule has 0 aliphatic rings. The van der Waals surface area contributed by atoms with Crippen molar-refractivity contribution in [3.63, 3.8) is 0 Å². The molecular weight excluding hydrogens is 405 g/mol. The average Bonchev–Trinajstić information content (AvgIpc) is 3.13. The van der Waals surface area contributed by atoms with Crippen LogP contribution in [0.25, 0.3) is 22.2 Å². The summed E-state index contributed by atoms with van der Waals surface area (Å²) in [6.45, 7) is 1.81. The number of benzene rings is 3. The number of aromatic nitrogens is 2. The van der Waals surface area contributed by atoms with Crippen LogP contribution in [0.2, 0.25) is 0 Å². The van der Waals surface area contributed by atoms with Gasteiger partial charge in [0.25, 0.3) is 0 Å². The molecule has 31 heavy (non-hydrogen) atoms. The molecule has 0 radical (unpaired) electrons. The molecule has 7 heteroatoms.